The molecule has 0 saturated heterocycles. The van der Waals surface area contributed by atoms with Gasteiger partial charge in [0, 0.05) is 11.3 Å². The third-order valence-electron chi connectivity index (χ3n) is 3.57. The fraction of sp³-hybridized carbons (Fsp3) is 0.786. The van der Waals surface area contributed by atoms with Crippen LogP contribution in [0.4, 0.5) is 0 Å². The molecule has 102 valence electrons. The van der Waals surface area contributed by atoms with Crippen LogP contribution in [-0.2, 0) is 14.4 Å². The molecule has 0 radical (unpaired) electrons. The number of rotatable bonds is 3. The van der Waals surface area contributed by atoms with Crippen LogP contribution in [-0.4, -0.2) is 22.6 Å². The highest BCUT2D eigenvalue weighted by atomic mass is 16.4. The summed E-state index contributed by atoms with van der Waals surface area (Å²) >= 11 is 0. The summed E-state index contributed by atoms with van der Waals surface area (Å²) in [5.41, 5.74) is -0.730. The number of aliphatic carboxylic acids is 1. The minimum Gasteiger partial charge on any atom is -0.481 e. The normalized spacial score (nSPS) is 25.3. The van der Waals surface area contributed by atoms with Crippen molar-refractivity contribution < 1.29 is 19.5 Å². The molecule has 0 amide bonds. The number of carboxylic acid groups (broad SMARTS) is 1. The Morgan fingerprint density at radius 1 is 0.944 bits per heavy atom. The molecule has 4 heteroatoms. The lowest BCUT2D eigenvalue weighted by Gasteiger charge is -2.23. The van der Waals surface area contributed by atoms with Crippen LogP contribution in [0.25, 0.3) is 0 Å². The van der Waals surface area contributed by atoms with E-state index in [1.807, 2.05) is 0 Å². The van der Waals surface area contributed by atoms with Gasteiger partial charge in [0.25, 0.3) is 0 Å². The number of carbonyl (C=O) groups is 3. The highest BCUT2D eigenvalue weighted by molar-refractivity contribution is 6.40. The molecule has 0 aromatic rings. The van der Waals surface area contributed by atoms with Crippen LogP contribution in [0.1, 0.15) is 52.9 Å². The summed E-state index contributed by atoms with van der Waals surface area (Å²) < 4.78 is 0. The molecule has 1 N–H and O–H groups in total. The Labute approximate surface area is 108 Å². The molecule has 18 heavy (non-hydrogen) atoms. The van der Waals surface area contributed by atoms with Gasteiger partial charge in [-0.3, -0.25) is 14.4 Å². The van der Waals surface area contributed by atoms with Gasteiger partial charge >= 0.3 is 5.97 Å². The molecule has 1 aliphatic carbocycles. The molecular weight excluding hydrogens is 232 g/mol. The van der Waals surface area contributed by atoms with E-state index in [2.05, 4.69) is 0 Å². The molecule has 2 unspecified atom stereocenters. The minimum atomic E-state index is -0.947. The summed E-state index contributed by atoms with van der Waals surface area (Å²) in [5.74, 6) is -3.20. The van der Waals surface area contributed by atoms with Crippen molar-refractivity contribution in [2.24, 2.45) is 17.3 Å². The first-order valence-electron chi connectivity index (χ1n) is 6.56. The van der Waals surface area contributed by atoms with E-state index in [1.165, 1.54) is 0 Å². The van der Waals surface area contributed by atoms with Crippen molar-refractivity contribution in [3.63, 3.8) is 0 Å². The molecule has 0 aromatic heterocycles. The predicted octanol–water partition coefficient (Wildman–Crippen LogP) is 2.45. The van der Waals surface area contributed by atoms with Crippen LogP contribution in [0.5, 0.6) is 0 Å². The maximum Gasteiger partial charge on any atom is 0.307 e. The number of ketones is 2. The van der Waals surface area contributed by atoms with Gasteiger partial charge in [0.2, 0.25) is 11.6 Å². The Balaban J connectivity index is 2.92. The first-order chi connectivity index (χ1) is 8.25. The topological polar surface area (TPSA) is 71.4 Å². The van der Waals surface area contributed by atoms with Crippen LogP contribution < -0.4 is 0 Å². The molecule has 0 heterocycles. The van der Waals surface area contributed by atoms with Crippen molar-refractivity contribution in [1.29, 1.82) is 0 Å². The van der Waals surface area contributed by atoms with E-state index in [0.717, 1.165) is 19.3 Å². The van der Waals surface area contributed by atoms with Crippen LogP contribution in [0.3, 0.4) is 0 Å². The predicted molar refractivity (Wildman–Crippen MR) is 67.2 cm³/mol. The highest BCUT2D eigenvalue weighted by Gasteiger charge is 2.40. The van der Waals surface area contributed by atoms with Crippen LogP contribution in [0.15, 0.2) is 0 Å². The number of Topliss-reactive ketones (excluding diaryl/α,β-unsaturated/α-hetero) is 2. The smallest absolute Gasteiger partial charge is 0.307 e. The fourth-order valence-electron chi connectivity index (χ4n) is 2.46. The van der Waals surface area contributed by atoms with E-state index in [4.69, 9.17) is 0 Å². The van der Waals surface area contributed by atoms with Gasteiger partial charge in [-0.25, -0.2) is 0 Å². The van der Waals surface area contributed by atoms with Gasteiger partial charge in [-0.2, -0.15) is 0 Å². The number of hydrogen-bond acceptors (Lipinski definition) is 3. The Morgan fingerprint density at radius 2 is 1.44 bits per heavy atom. The van der Waals surface area contributed by atoms with Crippen molar-refractivity contribution in [3.8, 4) is 0 Å². The molecular formula is C14H22O4. The van der Waals surface area contributed by atoms with Gasteiger partial charge < -0.3 is 5.11 Å². The Kier molecular flexibility index (Phi) is 4.65. The second kappa shape index (κ2) is 5.63. The van der Waals surface area contributed by atoms with E-state index >= 15 is 0 Å². The Hall–Kier alpha value is -1.19. The fourth-order valence-corrected chi connectivity index (χ4v) is 2.46. The highest BCUT2D eigenvalue weighted by Crippen LogP contribution is 2.32. The van der Waals surface area contributed by atoms with Crippen molar-refractivity contribution in [1.82, 2.24) is 0 Å². The van der Waals surface area contributed by atoms with Crippen LogP contribution in [0, 0.1) is 17.3 Å². The maximum atomic E-state index is 12.2. The van der Waals surface area contributed by atoms with Crippen LogP contribution in [0.2, 0.25) is 0 Å². The van der Waals surface area contributed by atoms with E-state index < -0.39 is 34.8 Å². The van der Waals surface area contributed by atoms with Crippen molar-refractivity contribution in [2.75, 3.05) is 0 Å². The summed E-state index contributed by atoms with van der Waals surface area (Å²) in [6.45, 7) is 5.08. The second-order valence-electron chi connectivity index (χ2n) is 6.13. The quantitative estimate of drug-likeness (QED) is 0.620. The minimum absolute atomic E-state index is 0.444. The lowest BCUT2D eigenvalue weighted by Crippen LogP contribution is -2.38. The van der Waals surface area contributed by atoms with E-state index in [1.54, 1.807) is 20.8 Å². The van der Waals surface area contributed by atoms with Crippen molar-refractivity contribution >= 4 is 17.5 Å². The molecule has 0 aliphatic heterocycles. The lowest BCUT2D eigenvalue weighted by atomic mass is 9.77. The van der Waals surface area contributed by atoms with Gasteiger partial charge in [-0.1, -0.05) is 40.0 Å². The third kappa shape index (κ3) is 3.40. The molecule has 1 aliphatic rings. The average Bonchev–Trinajstić information content (AvgIpc) is 2.50. The molecule has 0 spiro atoms. The second-order valence-corrected chi connectivity index (χ2v) is 6.13. The van der Waals surface area contributed by atoms with E-state index in [0.29, 0.717) is 12.8 Å². The summed E-state index contributed by atoms with van der Waals surface area (Å²) in [6.07, 6.45) is 3.63. The summed E-state index contributed by atoms with van der Waals surface area (Å²) in [5, 5.41) is 9.20. The largest absolute Gasteiger partial charge is 0.481 e. The number of hydrogen-bond donors (Lipinski definition) is 1. The van der Waals surface area contributed by atoms with E-state index in [-0.39, 0.29) is 0 Å². The van der Waals surface area contributed by atoms with Gasteiger partial charge in [-0.15, -0.1) is 0 Å². The third-order valence-corrected chi connectivity index (χ3v) is 3.57. The summed E-state index contributed by atoms with van der Waals surface area (Å²) in [7, 11) is 0. The van der Waals surface area contributed by atoms with Gasteiger partial charge in [0.1, 0.15) is 0 Å². The average molecular weight is 254 g/mol. The SMILES string of the molecule is CC(C)(C)C(=O)C(=O)C1CCCCCC1C(=O)O. The van der Waals surface area contributed by atoms with Crippen molar-refractivity contribution in [3.05, 3.63) is 0 Å². The van der Waals surface area contributed by atoms with Gasteiger partial charge in [-0.05, 0) is 12.8 Å². The summed E-state index contributed by atoms with van der Waals surface area (Å²) in [4.78, 5) is 35.4. The van der Waals surface area contributed by atoms with Gasteiger partial charge in [0.15, 0.2) is 0 Å². The maximum absolute atomic E-state index is 12.2. The van der Waals surface area contributed by atoms with Crippen molar-refractivity contribution in [2.45, 2.75) is 52.9 Å². The number of carbonyl (C=O) groups excluding carboxylic acids is 2. The van der Waals surface area contributed by atoms with Crippen LogP contribution >= 0.6 is 0 Å². The zero-order chi connectivity index (χ0) is 13.9. The molecule has 0 aromatic carbocycles. The molecule has 2 atom stereocenters. The molecule has 4 nitrogen and oxygen atoms in total. The standard InChI is InChI=1S/C14H22O4/c1-14(2,3)12(16)11(15)9-7-5-4-6-8-10(9)13(17)18/h9-10H,4-8H2,1-3H3,(H,17,18). The van der Waals surface area contributed by atoms with E-state index in [9.17, 15) is 19.5 Å². The molecule has 1 saturated carbocycles. The monoisotopic (exact) mass is 254 g/mol. The summed E-state index contributed by atoms with van der Waals surface area (Å²) in [6, 6.07) is 0. The first-order valence-corrected chi connectivity index (χ1v) is 6.56. The lowest BCUT2D eigenvalue weighted by molar-refractivity contribution is -0.151. The Bertz CT molecular complexity index is 351. The molecule has 1 rings (SSSR count). The number of carboxylic acids is 1. The molecule has 0 bridgehead atoms. The van der Waals surface area contributed by atoms with Gasteiger partial charge in [0.05, 0.1) is 5.92 Å². The zero-order valence-electron chi connectivity index (χ0n) is 11.4. The zero-order valence-corrected chi connectivity index (χ0v) is 11.4. The molecule has 1 fully saturated rings. The first kappa shape index (κ1) is 14.9. The Morgan fingerprint density at radius 3 is 1.89 bits per heavy atom.